The van der Waals surface area contributed by atoms with Gasteiger partial charge in [-0.25, -0.2) is 9.18 Å². The lowest BCUT2D eigenvalue weighted by Crippen LogP contribution is -2.46. The molecule has 0 fully saturated rings. The second kappa shape index (κ2) is 4.50. The Bertz CT molecular complexity index is 595. The molecule has 1 atom stereocenters. The number of amides is 2. The number of nitrogens with one attached hydrogen (secondary N) is 2. The van der Waals surface area contributed by atoms with Gasteiger partial charge in [-0.05, 0) is 30.5 Å². The summed E-state index contributed by atoms with van der Waals surface area (Å²) in [5, 5.41) is 5.37. The molecule has 0 aromatic heterocycles. The van der Waals surface area contributed by atoms with Crippen molar-refractivity contribution in [2.75, 3.05) is 0 Å². The molecule has 0 saturated carbocycles. The fraction of sp³-hybridized carbons (Fsp3) is 0.286. The van der Waals surface area contributed by atoms with E-state index in [9.17, 15) is 14.0 Å². The molecule has 1 aliphatic carbocycles. The third kappa shape index (κ3) is 2.12. The Hall–Kier alpha value is -2.17. The van der Waals surface area contributed by atoms with Crippen LogP contribution in [0.3, 0.4) is 0 Å². The topological polar surface area (TPSA) is 58.2 Å². The number of Topliss-reactive ketones (excluding diaryl/α,β-unsaturated/α-hetero) is 1. The lowest BCUT2D eigenvalue weighted by molar-refractivity contribution is -0.116. The van der Waals surface area contributed by atoms with E-state index in [1.54, 1.807) is 12.1 Å². The smallest absolute Gasteiger partial charge is 0.319 e. The van der Waals surface area contributed by atoms with E-state index in [0.29, 0.717) is 29.7 Å². The maximum Gasteiger partial charge on any atom is 0.319 e. The van der Waals surface area contributed by atoms with Crippen LogP contribution >= 0.6 is 0 Å². The second-order valence-corrected chi connectivity index (χ2v) is 4.76. The molecule has 5 heteroatoms. The van der Waals surface area contributed by atoms with Crippen LogP contribution in [0.2, 0.25) is 0 Å². The monoisotopic (exact) mass is 260 g/mol. The summed E-state index contributed by atoms with van der Waals surface area (Å²) in [4.78, 5) is 23.7. The number of urea groups is 1. The van der Waals surface area contributed by atoms with Crippen molar-refractivity contribution in [3.63, 3.8) is 0 Å². The number of halogens is 1. The SMILES string of the molecule is O=C1NC2=C(C(=O)CCC2)C(c2cccc(F)c2)N1. The number of carbonyl (C=O) groups excluding carboxylic acids is 2. The number of allylic oxidation sites excluding steroid dienone is 1. The molecule has 1 unspecified atom stereocenters. The minimum absolute atomic E-state index is 0.0167. The average Bonchev–Trinajstić information content (AvgIpc) is 2.37. The summed E-state index contributed by atoms with van der Waals surface area (Å²) < 4.78 is 13.3. The quantitative estimate of drug-likeness (QED) is 0.813. The molecule has 19 heavy (non-hydrogen) atoms. The minimum Gasteiger partial charge on any atom is -0.327 e. The van der Waals surface area contributed by atoms with Crippen LogP contribution in [0.25, 0.3) is 0 Å². The summed E-state index contributed by atoms with van der Waals surface area (Å²) in [6, 6.07) is 5.08. The summed E-state index contributed by atoms with van der Waals surface area (Å²) in [6.07, 6.45) is 1.90. The molecular formula is C14H13FN2O2. The Labute approximate surface area is 109 Å². The highest BCUT2D eigenvalue weighted by Crippen LogP contribution is 2.33. The molecule has 1 heterocycles. The van der Waals surface area contributed by atoms with E-state index in [4.69, 9.17) is 0 Å². The highest BCUT2D eigenvalue weighted by atomic mass is 19.1. The zero-order valence-electron chi connectivity index (χ0n) is 10.2. The van der Waals surface area contributed by atoms with Crippen molar-refractivity contribution in [3.05, 3.63) is 46.9 Å². The molecule has 2 N–H and O–H groups in total. The van der Waals surface area contributed by atoms with Crippen molar-refractivity contribution in [2.45, 2.75) is 25.3 Å². The molecule has 0 spiro atoms. The first-order chi connectivity index (χ1) is 9.15. The molecule has 3 rings (SSSR count). The predicted octanol–water partition coefficient (Wildman–Crippen LogP) is 2.19. The number of hydrogen-bond donors (Lipinski definition) is 2. The summed E-state index contributed by atoms with van der Waals surface area (Å²) in [5.41, 5.74) is 1.84. The fourth-order valence-electron chi connectivity index (χ4n) is 2.64. The van der Waals surface area contributed by atoms with Crippen LogP contribution in [0.5, 0.6) is 0 Å². The first-order valence-corrected chi connectivity index (χ1v) is 6.24. The van der Waals surface area contributed by atoms with Crippen LogP contribution in [0.1, 0.15) is 30.9 Å². The van der Waals surface area contributed by atoms with Gasteiger partial charge in [-0.1, -0.05) is 12.1 Å². The lowest BCUT2D eigenvalue weighted by atomic mass is 9.85. The summed E-state index contributed by atoms with van der Waals surface area (Å²) in [5.74, 6) is -0.362. The molecule has 0 bridgehead atoms. The second-order valence-electron chi connectivity index (χ2n) is 4.76. The number of benzene rings is 1. The van der Waals surface area contributed by atoms with Crippen LogP contribution in [-0.4, -0.2) is 11.8 Å². The highest BCUT2D eigenvalue weighted by molar-refractivity contribution is 6.00. The van der Waals surface area contributed by atoms with Gasteiger partial charge in [-0.2, -0.15) is 0 Å². The van der Waals surface area contributed by atoms with Gasteiger partial charge in [0.05, 0.1) is 6.04 Å². The zero-order chi connectivity index (χ0) is 13.4. The molecule has 1 aliphatic heterocycles. The van der Waals surface area contributed by atoms with Gasteiger partial charge in [-0.15, -0.1) is 0 Å². The Morgan fingerprint density at radius 2 is 2.05 bits per heavy atom. The lowest BCUT2D eigenvalue weighted by Gasteiger charge is -2.32. The summed E-state index contributed by atoms with van der Waals surface area (Å²) in [6.45, 7) is 0. The maximum absolute atomic E-state index is 13.3. The standard InChI is InChI=1S/C14H13FN2O2/c15-9-4-1-3-8(7-9)13-12-10(16-14(19)17-13)5-2-6-11(12)18/h1,3-4,7,13H,2,5-6H2,(H2,16,17,19). The molecular weight excluding hydrogens is 247 g/mol. The van der Waals surface area contributed by atoms with Gasteiger partial charge in [-0.3, -0.25) is 4.79 Å². The third-order valence-corrected chi connectivity index (χ3v) is 3.47. The van der Waals surface area contributed by atoms with Gasteiger partial charge >= 0.3 is 6.03 Å². The number of hydrogen-bond acceptors (Lipinski definition) is 2. The number of rotatable bonds is 1. The Kier molecular flexibility index (Phi) is 2.81. The van der Waals surface area contributed by atoms with Crippen LogP contribution in [-0.2, 0) is 4.79 Å². The van der Waals surface area contributed by atoms with Gasteiger partial charge < -0.3 is 10.6 Å². The van der Waals surface area contributed by atoms with Crippen LogP contribution in [0.4, 0.5) is 9.18 Å². The molecule has 98 valence electrons. The normalized spacial score (nSPS) is 22.7. The largest absolute Gasteiger partial charge is 0.327 e. The van der Waals surface area contributed by atoms with E-state index in [1.807, 2.05) is 0 Å². The number of ketones is 1. The van der Waals surface area contributed by atoms with E-state index in [1.165, 1.54) is 12.1 Å². The van der Waals surface area contributed by atoms with Crippen LogP contribution < -0.4 is 10.6 Å². The number of carbonyl (C=O) groups is 2. The minimum atomic E-state index is -0.549. The van der Waals surface area contributed by atoms with Gasteiger partial charge in [0.2, 0.25) is 0 Å². The third-order valence-electron chi connectivity index (χ3n) is 3.47. The maximum atomic E-state index is 13.3. The summed E-state index contributed by atoms with van der Waals surface area (Å²) in [7, 11) is 0. The Morgan fingerprint density at radius 3 is 2.84 bits per heavy atom. The van der Waals surface area contributed by atoms with E-state index >= 15 is 0 Å². The zero-order valence-corrected chi connectivity index (χ0v) is 10.2. The van der Waals surface area contributed by atoms with Crippen molar-refractivity contribution in [1.82, 2.24) is 10.6 Å². The first kappa shape index (κ1) is 11.9. The van der Waals surface area contributed by atoms with Gasteiger partial charge in [0, 0.05) is 17.7 Å². The van der Waals surface area contributed by atoms with Gasteiger partial charge in [0.1, 0.15) is 5.82 Å². The molecule has 2 aliphatic rings. The van der Waals surface area contributed by atoms with Crippen molar-refractivity contribution in [1.29, 1.82) is 0 Å². The Morgan fingerprint density at radius 1 is 1.21 bits per heavy atom. The van der Waals surface area contributed by atoms with E-state index in [2.05, 4.69) is 10.6 Å². The molecule has 4 nitrogen and oxygen atoms in total. The molecule has 1 aromatic carbocycles. The summed E-state index contributed by atoms with van der Waals surface area (Å²) >= 11 is 0. The van der Waals surface area contributed by atoms with Crippen molar-refractivity contribution in [2.24, 2.45) is 0 Å². The van der Waals surface area contributed by atoms with Crippen LogP contribution in [0, 0.1) is 5.82 Å². The molecule has 1 aromatic rings. The fourth-order valence-corrected chi connectivity index (χ4v) is 2.64. The van der Waals surface area contributed by atoms with Crippen molar-refractivity contribution in [3.8, 4) is 0 Å². The first-order valence-electron chi connectivity index (χ1n) is 6.24. The van der Waals surface area contributed by atoms with E-state index in [0.717, 1.165) is 6.42 Å². The van der Waals surface area contributed by atoms with Crippen molar-refractivity contribution >= 4 is 11.8 Å². The molecule has 0 saturated heterocycles. The van der Waals surface area contributed by atoms with Gasteiger partial charge in [0.15, 0.2) is 5.78 Å². The van der Waals surface area contributed by atoms with Crippen molar-refractivity contribution < 1.29 is 14.0 Å². The molecule has 2 amide bonds. The molecule has 0 radical (unpaired) electrons. The predicted molar refractivity (Wildman–Crippen MR) is 66.7 cm³/mol. The highest BCUT2D eigenvalue weighted by Gasteiger charge is 2.34. The van der Waals surface area contributed by atoms with Crippen LogP contribution in [0.15, 0.2) is 35.5 Å². The van der Waals surface area contributed by atoms with E-state index in [-0.39, 0.29) is 17.6 Å². The van der Waals surface area contributed by atoms with Gasteiger partial charge in [0.25, 0.3) is 0 Å². The Balaban J connectivity index is 2.08. The average molecular weight is 260 g/mol. The van der Waals surface area contributed by atoms with E-state index < -0.39 is 6.04 Å².